The summed E-state index contributed by atoms with van der Waals surface area (Å²) in [4.78, 5) is 3.78. The first-order valence-corrected chi connectivity index (χ1v) is 10.4. The molecule has 3 nitrogen and oxygen atoms in total. The van der Waals surface area contributed by atoms with E-state index < -0.39 is 11.7 Å². The predicted octanol–water partition coefficient (Wildman–Crippen LogP) is 7.00. The Kier molecular flexibility index (Phi) is 7.62. The normalized spacial score (nSPS) is 10.8. The molecular formula is C25H28FNO2. The van der Waals surface area contributed by atoms with Crippen LogP contribution >= 0.6 is 0 Å². The SMILES string of the molecule is CCCCCCCCOc1ccc(-c2ccc(-c3ccc(O)c(F)n3)cc2)cc1. The molecule has 0 aliphatic rings. The number of aromatic hydroxyl groups is 1. The average Bonchev–Trinajstić information content (AvgIpc) is 2.76. The first kappa shape index (κ1) is 20.8. The Balaban J connectivity index is 1.53. The van der Waals surface area contributed by atoms with E-state index in [1.54, 1.807) is 6.07 Å². The molecule has 0 saturated heterocycles. The summed E-state index contributed by atoms with van der Waals surface area (Å²) in [5.41, 5.74) is 3.45. The lowest BCUT2D eigenvalue weighted by atomic mass is 10.0. The van der Waals surface area contributed by atoms with Crippen LogP contribution in [0.25, 0.3) is 22.4 Å². The maximum absolute atomic E-state index is 13.5. The summed E-state index contributed by atoms with van der Waals surface area (Å²) in [6.07, 6.45) is 7.53. The molecule has 3 rings (SSSR count). The van der Waals surface area contributed by atoms with Gasteiger partial charge in [-0.2, -0.15) is 4.39 Å². The summed E-state index contributed by atoms with van der Waals surface area (Å²) in [7, 11) is 0. The van der Waals surface area contributed by atoms with Crippen LogP contribution in [0.15, 0.2) is 60.7 Å². The van der Waals surface area contributed by atoms with Crippen LogP contribution < -0.4 is 4.74 Å². The number of rotatable bonds is 10. The monoisotopic (exact) mass is 393 g/mol. The van der Waals surface area contributed by atoms with Gasteiger partial charge in [0.2, 0.25) is 0 Å². The van der Waals surface area contributed by atoms with Gasteiger partial charge in [0.1, 0.15) is 5.75 Å². The quantitative estimate of drug-likeness (QED) is 0.298. The van der Waals surface area contributed by atoms with Crippen LogP contribution in [0, 0.1) is 5.95 Å². The highest BCUT2D eigenvalue weighted by molar-refractivity contribution is 5.69. The van der Waals surface area contributed by atoms with Crippen LogP contribution in [-0.4, -0.2) is 16.7 Å². The lowest BCUT2D eigenvalue weighted by molar-refractivity contribution is 0.304. The highest BCUT2D eigenvalue weighted by Gasteiger charge is 2.06. The van der Waals surface area contributed by atoms with E-state index in [0.29, 0.717) is 5.69 Å². The van der Waals surface area contributed by atoms with Crippen LogP contribution in [0.4, 0.5) is 4.39 Å². The molecule has 1 heterocycles. The zero-order valence-electron chi connectivity index (χ0n) is 16.9. The highest BCUT2D eigenvalue weighted by atomic mass is 19.1. The van der Waals surface area contributed by atoms with E-state index >= 15 is 0 Å². The predicted molar refractivity (Wildman–Crippen MR) is 116 cm³/mol. The number of aromatic nitrogens is 1. The van der Waals surface area contributed by atoms with Gasteiger partial charge < -0.3 is 9.84 Å². The molecule has 0 aliphatic carbocycles. The molecule has 0 saturated carbocycles. The Hall–Kier alpha value is -2.88. The third kappa shape index (κ3) is 6.05. The molecule has 0 spiro atoms. The Labute approximate surface area is 172 Å². The highest BCUT2D eigenvalue weighted by Crippen LogP contribution is 2.27. The molecule has 0 radical (unpaired) electrons. The van der Waals surface area contributed by atoms with Crippen LogP contribution in [0.2, 0.25) is 0 Å². The van der Waals surface area contributed by atoms with Gasteiger partial charge in [-0.05, 0) is 41.8 Å². The number of nitrogens with zero attached hydrogens (tertiary/aromatic N) is 1. The first-order chi connectivity index (χ1) is 14.2. The van der Waals surface area contributed by atoms with Crippen molar-refractivity contribution in [3.8, 4) is 33.9 Å². The third-order valence-electron chi connectivity index (χ3n) is 4.96. The molecule has 0 amide bonds. The van der Waals surface area contributed by atoms with Gasteiger partial charge in [0.15, 0.2) is 5.75 Å². The molecule has 0 bridgehead atoms. The van der Waals surface area contributed by atoms with Gasteiger partial charge in [0.25, 0.3) is 5.95 Å². The number of hydrogen-bond donors (Lipinski definition) is 1. The third-order valence-corrected chi connectivity index (χ3v) is 4.96. The van der Waals surface area contributed by atoms with Gasteiger partial charge >= 0.3 is 0 Å². The minimum atomic E-state index is -0.858. The number of ether oxygens (including phenoxy) is 1. The first-order valence-electron chi connectivity index (χ1n) is 10.4. The van der Waals surface area contributed by atoms with Crippen molar-refractivity contribution in [1.29, 1.82) is 0 Å². The summed E-state index contributed by atoms with van der Waals surface area (Å²) in [6.45, 7) is 2.99. The van der Waals surface area contributed by atoms with Gasteiger partial charge in [-0.3, -0.25) is 0 Å². The minimum absolute atomic E-state index is 0.441. The fourth-order valence-electron chi connectivity index (χ4n) is 3.24. The van der Waals surface area contributed by atoms with Crippen molar-refractivity contribution in [2.75, 3.05) is 6.61 Å². The van der Waals surface area contributed by atoms with Gasteiger partial charge in [-0.1, -0.05) is 75.4 Å². The van der Waals surface area contributed by atoms with Crippen LogP contribution in [0.5, 0.6) is 11.5 Å². The van der Waals surface area contributed by atoms with E-state index in [1.165, 1.54) is 38.2 Å². The van der Waals surface area contributed by atoms with E-state index in [0.717, 1.165) is 35.5 Å². The summed E-state index contributed by atoms with van der Waals surface area (Å²) in [5, 5.41) is 9.27. The lowest BCUT2D eigenvalue weighted by Crippen LogP contribution is -1.97. The van der Waals surface area contributed by atoms with Gasteiger partial charge in [-0.25, -0.2) is 4.98 Å². The maximum Gasteiger partial charge on any atom is 0.255 e. The number of halogens is 1. The zero-order chi connectivity index (χ0) is 20.5. The molecule has 3 aromatic rings. The summed E-state index contributed by atoms with van der Waals surface area (Å²) >= 11 is 0. The number of unbranched alkanes of at least 4 members (excludes halogenated alkanes) is 5. The van der Waals surface area contributed by atoms with E-state index in [-0.39, 0.29) is 0 Å². The molecule has 1 N–H and O–H groups in total. The Morgan fingerprint density at radius 3 is 2.00 bits per heavy atom. The number of pyridine rings is 1. The molecular weight excluding hydrogens is 365 g/mol. The molecule has 2 aromatic carbocycles. The molecule has 0 unspecified atom stereocenters. The zero-order valence-corrected chi connectivity index (χ0v) is 16.9. The molecule has 0 atom stereocenters. The molecule has 0 fully saturated rings. The van der Waals surface area contributed by atoms with Crippen molar-refractivity contribution >= 4 is 0 Å². The van der Waals surface area contributed by atoms with Crippen molar-refractivity contribution in [2.45, 2.75) is 45.4 Å². The standard InChI is InChI=1S/C25H28FNO2/c1-2-3-4-5-6-7-18-29-22-14-12-20(13-15-22)19-8-10-21(11-9-19)23-16-17-24(28)25(26)27-23/h8-17,28H,2-7,18H2,1H3. The Morgan fingerprint density at radius 1 is 0.759 bits per heavy atom. The second kappa shape index (κ2) is 10.6. The van der Waals surface area contributed by atoms with E-state index in [4.69, 9.17) is 4.74 Å². The van der Waals surface area contributed by atoms with Crippen molar-refractivity contribution in [2.24, 2.45) is 0 Å². The summed E-state index contributed by atoms with van der Waals surface area (Å²) in [5.74, 6) is -0.407. The summed E-state index contributed by atoms with van der Waals surface area (Å²) < 4.78 is 19.3. The molecule has 1 aromatic heterocycles. The maximum atomic E-state index is 13.5. The van der Waals surface area contributed by atoms with Crippen molar-refractivity contribution < 1.29 is 14.2 Å². The van der Waals surface area contributed by atoms with Crippen molar-refractivity contribution in [1.82, 2.24) is 4.98 Å². The second-order valence-electron chi connectivity index (χ2n) is 7.22. The second-order valence-corrected chi connectivity index (χ2v) is 7.22. The summed E-state index contributed by atoms with van der Waals surface area (Å²) in [6, 6.07) is 18.8. The van der Waals surface area contributed by atoms with Crippen molar-refractivity contribution in [3.63, 3.8) is 0 Å². The molecule has 152 valence electrons. The van der Waals surface area contributed by atoms with Crippen molar-refractivity contribution in [3.05, 3.63) is 66.6 Å². The molecule has 0 aliphatic heterocycles. The lowest BCUT2D eigenvalue weighted by Gasteiger charge is -2.08. The fourth-order valence-corrected chi connectivity index (χ4v) is 3.24. The van der Waals surface area contributed by atoms with Gasteiger partial charge in [0.05, 0.1) is 12.3 Å². The Morgan fingerprint density at radius 2 is 1.34 bits per heavy atom. The number of hydrogen-bond acceptors (Lipinski definition) is 3. The van der Waals surface area contributed by atoms with E-state index in [9.17, 15) is 9.50 Å². The van der Waals surface area contributed by atoms with Gasteiger partial charge in [-0.15, -0.1) is 0 Å². The smallest absolute Gasteiger partial charge is 0.255 e. The van der Waals surface area contributed by atoms with Crippen LogP contribution in [0.3, 0.4) is 0 Å². The molecule has 29 heavy (non-hydrogen) atoms. The Bertz CT molecular complexity index is 892. The fraction of sp³-hybridized carbons (Fsp3) is 0.320. The topological polar surface area (TPSA) is 42.4 Å². The van der Waals surface area contributed by atoms with E-state index in [2.05, 4.69) is 11.9 Å². The van der Waals surface area contributed by atoms with Crippen LogP contribution in [-0.2, 0) is 0 Å². The van der Waals surface area contributed by atoms with Crippen LogP contribution in [0.1, 0.15) is 45.4 Å². The molecule has 4 heteroatoms. The number of benzene rings is 2. The van der Waals surface area contributed by atoms with E-state index in [1.807, 2.05) is 48.5 Å². The van der Waals surface area contributed by atoms with Gasteiger partial charge in [0, 0.05) is 5.56 Å². The minimum Gasteiger partial charge on any atom is -0.504 e. The average molecular weight is 394 g/mol. The largest absolute Gasteiger partial charge is 0.504 e.